The number of carboxylic acid groups (broad SMARTS) is 1. The van der Waals surface area contributed by atoms with Gasteiger partial charge in [-0.05, 0) is 31.4 Å². The SMILES string of the molecule is Cc1ncccc1C1(C(=O)O)CC1. The van der Waals surface area contributed by atoms with Gasteiger partial charge in [-0.1, -0.05) is 6.07 Å². The van der Waals surface area contributed by atoms with Crippen LogP contribution in [0, 0.1) is 6.92 Å². The van der Waals surface area contributed by atoms with E-state index in [0.717, 1.165) is 24.1 Å². The molecule has 0 atom stereocenters. The molecule has 1 aromatic rings. The number of pyridine rings is 1. The van der Waals surface area contributed by atoms with Gasteiger partial charge < -0.3 is 5.11 Å². The third-order valence-electron chi connectivity index (χ3n) is 2.68. The first kappa shape index (κ1) is 8.23. The molecular formula is C10H11NO2. The lowest BCUT2D eigenvalue weighted by Crippen LogP contribution is -2.20. The van der Waals surface area contributed by atoms with Crippen LogP contribution in [0.5, 0.6) is 0 Å². The molecule has 0 radical (unpaired) electrons. The van der Waals surface area contributed by atoms with E-state index in [1.54, 1.807) is 12.3 Å². The lowest BCUT2D eigenvalue weighted by atomic mass is 9.95. The third-order valence-corrected chi connectivity index (χ3v) is 2.68. The van der Waals surface area contributed by atoms with Crippen LogP contribution in [0.15, 0.2) is 18.3 Å². The predicted molar refractivity (Wildman–Crippen MR) is 47.5 cm³/mol. The van der Waals surface area contributed by atoms with E-state index in [2.05, 4.69) is 4.98 Å². The van der Waals surface area contributed by atoms with E-state index < -0.39 is 11.4 Å². The zero-order chi connectivity index (χ0) is 9.47. The first-order valence-electron chi connectivity index (χ1n) is 4.32. The summed E-state index contributed by atoms with van der Waals surface area (Å²) >= 11 is 0. The quantitative estimate of drug-likeness (QED) is 0.744. The second-order valence-electron chi connectivity index (χ2n) is 3.52. The highest BCUT2D eigenvalue weighted by molar-refractivity contribution is 5.85. The molecule has 3 heteroatoms. The van der Waals surface area contributed by atoms with Crippen molar-refractivity contribution in [1.29, 1.82) is 0 Å². The lowest BCUT2D eigenvalue weighted by molar-refractivity contribution is -0.140. The van der Waals surface area contributed by atoms with Crippen LogP contribution >= 0.6 is 0 Å². The number of carboxylic acids is 1. The maximum Gasteiger partial charge on any atom is 0.314 e. The number of carbonyl (C=O) groups is 1. The Hall–Kier alpha value is -1.38. The molecule has 2 rings (SSSR count). The van der Waals surface area contributed by atoms with E-state index in [4.69, 9.17) is 5.11 Å². The van der Waals surface area contributed by atoms with Gasteiger partial charge in [-0.3, -0.25) is 9.78 Å². The molecule has 0 amide bonds. The van der Waals surface area contributed by atoms with Crippen LogP contribution in [-0.4, -0.2) is 16.1 Å². The standard InChI is InChI=1S/C10H11NO2/c1-7-8(3-2-6-11-7)10(4-5-10)9(12)13/h2-3,6H,4-5H2,1H3,(H,12,13). The summed E-state index contributed by atoms with van der Waals surface area (Å²) in [5.41, 5.74) is 1.10. The number of hydrogen-bond acceptors (Lipinski definition) is 2. The molecular weight excluding hydrogens is 166 g/mol. The topological polar surface area (TPSA) is 50.2 Å². The van der Waals surface area contributed by atoms with Crippen molar-refractivity contribution in [2.24, 2.45) is 0 Å². The second kappa shape index (κ2) is 2.55. The van der Waals surface area contributed by atoms with E-state index in [9.17, 15) is 4.79 Å². The molecule has 0 spiro atoms. The van der Waals surface area contributed by atoms with Crippen molar-refractivity contribution in [3.8, 4) is 0 Å². The van der Waals surface area contributed by atoms with Crippen molar-refractivity contribution in [2.75, 3.05) is 0 Å². The first-order chi connectivity index (χ1) is 6.17. The zero-order valence-electron chi connectivity index (χ0n) is 7.45. The molecule has 1 fully saturated rings. The minimum atomic E-state index is -0.719. The molecule has 0 saturated heterocycles. The average Bonchev–Trinajstić information content (AvgIpc) is 2.85. The first-order valence-corrected chi connectivity index (χ1v) is 4.32. The lowest BCUT2D eigenvalue weighted by Gasteiger charge is -2.11. The van der Waals surface area contributed by atoms with Crippen molar-refractivity contribution < 1.29 is 9.90 Å². The summed E-state index contributed by atoms with van der Waals surface area (Å²) in [6, 6.07) is 3.66. The van der Waals surface area contributed by atoms with Gasteiger partial charge in [0.2, 0.25) is 0 Å². The fourth-order valence-corrected chi connectivity index (χ4v) is 1.71. The number of hydrogen-bond donors (Lipinski definition) is 1. The van der Waals surface area contributed by atoms with Crippen LogP contribution in [0.25, 0.3) is 0 Å². The Morgan fingerprint density at radius 3 is 2.77 bits per heavy atom. The van der Waals surface area contributed by atoms with Gasteiger partial charge in [0, 0.05) is 11.9 Å². The molecule has 3 nitrogen and oxygen atoms in total. The Labute approximate surface area is 76.4 Å². The summed E-state index contributed by atoms with van der Waals surface area (Å²) in [6.45, 7) is 1.86. The highest BCUT2D eigenvalue weighted by atomic mass is 16.4. The Morgan fingerprint density at radius 2 is 2.31 bits per heavy atom. The minimum absolute atomic E-state index is 0.613. The molecule has 1 aliphatic carbocycles. The van der Waals surface area contributed by atoms with E-state index in [-0.39, 0.29) is 0 Å². The Bertz CT molecular complexity index is 356. The second-order valence-corrected chi connectivity index (χ2v) is 3.52. The van der Waals surface area contributed by atoms with Crippen LogP contribution in [0.4, 0.5) is 0 Å². The summed E-state index contributed by atoms with van der Waals surface area (Å²) in [5.74, 6) is -0.719. The summed E-state index contributed by atoms with van der Waals surface area (Å²) < 4.78 is 0. The molecule has 68 valence electrons. The van der Waals surface area contributed by atoms with Crippen LogP contribution in [0.2, 0.25) is 0 Å². The predicted octanol–water partition coefficient (Wildman–Crippen LogP) is 1.51. The van der Waals surface area contributed by atoms with Crippen molar-refractivity contribution in [3.63, 3.8) is 0 Å². The van der Waals surface area contributed by atoms with Gasteiger partial charge in [0.25, 0.3) is 0 Å². The Morgan fingerprint density at radius 1 is 1.62 bits per heavy atom. The van der Waals surface area contributed by atoms with Crippen molar-refractivity contribution in [3.05, 3.63) is 29.6 Å². The summed E-state index contributed by atoms with van der Waals surface area (Å²) in [4.78, 5) is 15.1. The molecule has 0 aliphatic heterocycles. The number of aliphatic carboxylic acids is 1. The highest BCUT2D eigenvalue weighted by Gasteiger charge is 2.52. The monoisotopic (exact) mass is 177 g/mol. The van der Waals surface area contributed by atoms with E-state index >= 15 is 0 Å². The van der Waals surface area contributed by atoms with Gasteiger partial charge in [0.1, 0.15) is 0 Å². The number of rotatable bonds is 2. The maximum atomic E-state index is 11.0. The smallest absolute Gasteiger partial charge is 0.314 e. The van der Waals surface area contributed by atoms with Gasteiger partial charge in [0.05, 0.1) is 5.41 Å². The van der Waals surface area contributed by atoms with Gasteiger partial charge in [-0.2, -0.15) is 0 Å². The molecule has 0 bridgehead atoms. The minimum Gasteiger partial charge on any atom is -0.481 e. The summed E-state index contributed by atoms with van der Waals surface area (Å²) in [6.07, 6.45) is 3.18. The van der Waals surface area contributed by atoms with Crippen molar-refractivity contribution >= 4 is 5.97 Å². The van der Waals surface area contributed by atoms with Gasteiger partial charge >= 0.3 is 5.97 Å². The van der Waals surface area contributed by atoms with Crippen molar-refractivity contribution in [2.45, 2.75) is 25.2 Å². The maximum absolute atomic E-state index is 11.0. The van der Waals surface area contributed by atoms with E-state index in [1.807, 2.05) is 13.0 Å². The van der Waals surface area contributed by atoms with Crippen LogP contribution in [0.1, 0.15) is 24.1 Å². The number of aromatic nitrogens is 1. The fraction of sp³-hybridized carbons (Fsp3) is 0.400. The number of nitrogens with zero attached hydrogens (tertiary/aromatic N) is 1. The average molecular weight is 177 g/mol. The molecule has 0 aromatic carbocycles. The van der Waals surface area contributed by atoms with Crippen molar-refractivity contribution in [1.82, 2.24) is 4.98 Å². The van der Waals surface area contributed by atoms with Gasteiger partial charge in [-0.25, -0.2) is 0 Å². The molecule has 1 heterocycles. The van der Waals surface area contributed by atoms with Crippen LogP contribution < -0.4 is 0 Å². The van der Waals surface area contributed by atoms with Crippen LogP contribution in [-0.2, 0) is 10.2 Å². The summed E-state index contributed by atoms with van der Waals surface area (Å²) in [7, 11) is 0. The van der Waals surface area contributed by atoms with Gasteiger partial charge in [0.15, 0.2) is 0 Å². The van der Waals surface area contributed by atoms with E-state index in [0.29, 0.717) is 0 Å². The summed E-state index contributed by atoms with van der Waals surface area (Å²) in [5, 5.41) is 9.05. The molecule has 1 N–H and O–H groups in total. The Kier molecular flexibility index (Phi) is 1.62. The molecule has 1 saturated carbocycles. The Balaban J connectivity index is 2.47. The molecule has 13 heavy (non-hydrogen) atoms. The molecule has 1 aromatic heterocycles. The third kappa shape index (κ3) is 1.11. The zero-order valence-corrected chi connectivity index (χ0v) is 7.45. The largest absolute Gasteiger partial charge is 0.481 e. The fourth-order valence-electron chi connectivity index (χ4n) is 1.71. The molecule has 1 aliphatic rings. The van der Waals surface area contributed by atoms with E-state index in [1.165, 1.54) is 0 Å². The van der Waals surface area contributed by atoms with Gasteiger partial charge in [-0.15, -0.1) is 0 Å². The highest BCUT2D eigenvalue weighted by Crippen LogP contribution is 2.49. The number of aryl methyl sites for hydroxylation is 1. The normalized spacial score (nSPS) is 18.2. The van der Waals surface area contributed by atoms with Crippen LogP contribution in [0.3, 0.4) is 0 Å². The molecule has 0 unspecified atom stereocenters.